The Morgan fingerprint density at radius 2 is 2.09 bits per heavy atom. The number of aromatic nitrogens is 2. The molecule has 3 N–H and O–H groups in total. The number of aromatic amines is 1. The highest BCUT2D eigenvalue weighted by atomic mass is 16.5. The van der Waals surface area contributed by atoms with Crippen LogP contribution < -0.4 is 10.9 Å². The Hall–Kier alpha value is -3.65. The number of nitrogens with zero attached hydrogens (tertiary/aromatic N) is 2. The van der Waals surface area contributed by atoms with Crippen molar-refractivity contribution in [2.75, 3.05) is 18.5 Å². The molecule has 0 radical (unpaired) electrons. The van der Waals surface area contributed by atoms with Crippen molar-refractivity contribution in [2.24, 2.45) is 0 Å². The van der Waals surface area contributed by atoms with Gasteiger partial charge in [-0.05, 0) is 37.5 Å². The Bertz CT molecular complexity index is 1170. The molecule has 2 heterocycles. The summed E-state index contributed by atoms with van der Waals surface area (Å²) in [7, 11) is 0. The second-order valence-electron chi connectivity index (χ2n) is 8.09. The number of anilines is 1. The SMILES string of the molecule is CCc1cc(=O)[nH]c(-c2cccc(NC(=O)N(Cc3ccccc3O)C[C@H]3CCCO3)c2)n1. The van der Waals surface area contributed by atoms with Crippen molar-refractivity contribution in [1.29, 1.82) is 0 Å². The van der Waals surface area contributed by atoms with Crippen LogP contribution in [0.25, 0.3) is 11.4 Å². The smallest absolute Gasteiger partial charge is 0.322 e. The quantitative estimate of drug-likeness (QED) is 0.508. The summed E-state index contributed by atoms with van der Waals surface area (Å²) in [5, 5.41) is 13.1. The number of carbonyl (C=O) groups is 1. The Morgan fingerprint density at radius 1 is 1.24 bits per heavy atom. The van der Waals surface area contributed by atoms with E-state index >= 15 is 0 Å². The third kappa shape index (κ3) is 5.78. The first-order valence-corrected chi connectivity index (χ1v) is 11.2. The molecular formula is C25H28N4O4. The maximum atomic E-state index is 13.2. The van der Waals surface area contributed by atoms with E-state index in [-0.39, 0.29) is 30.0 Å². The zero-order valence-corrected chi connectivity index (χ0v) is 18.6. The summed E-state index contributed by atoms with van der Waals surface area (Å²) in [5.74, 6) is 0.608. The lowest BCUT2D eigenvalue weighted by Crippen LogP contribution is -2.39. The van der Waals surface area contributed by atoms with Gasteiger partial charge in [0, 0.05) is 41.7 Å². The van der Waals surface area contributed by atoms with Crippen molar-refractivity contribution < 1.29 is 14.6 Å². The number of para-hydroxylation sites is 1. The highest BCUT2D eigenvalue weighted by Crippen LogP contribution is 2.23. The summed E-state index contributed by atoms with van der Waals surface area (Å²) in [5.41, 5.74) is 2.44. The van der Waals surface area contributed by atoms with Crippen LogP contribution in [0.15, 0.2) is 59.4 Å². The average molecular weight is 449 g/mol. The van der Waals surface area contributed by atoms with Crippen LogP contribution >= 0.6 is 0 Å². The second-order valence-corrected chi connectivity index (χ2v) is 8.09. The number of aromatic hydroxyl groups is 1. The molecule has 0 bridgehead atoms. The number of carbonyl (C=O) groups excluding carboxylic acids is 1. The molecule has 0 aliphatic carbocycles. The van der Waals surface area contributed by atoms with Crippen molar-refractivity contribution >= 4 is 11.7 Å². The Morgan fingerprint density at radius 3 is 2.85 bits per heavy atom. The maximum absolute atomic E-state index is 13.2. The fourth-order valence-electron chi connectivity index (χ4n) is 3.88. The number of urea groups is 1. The molecule has 2 amide bonds. The van der Waals surface area contributed by atoms with E-state index in [1.807, 2.05) is 19.1 Å². The topological polar surface area (TPSA) is 108 Å². The third-order valence-corrected chi connectivity index (χ3v) is 5.63. The number of aryl methyl sites for hydroxylation is 1. The first kappa shape index (κ1) is 22.5. The molecule has 1 fully saturated rings. The molecule has 0 spiro atoms. The third-order valence-electron chi connectivity index (χ3n) is 5.63. The van der Waals surface area contributed by atoms with E-state index < -0.39 is 0 Å². The van der Waals surface area contributed by atoms with Crippen LogP contribution in [0.3, 0.4) is 0 Å². The van der Waals surface area contributed by atoms with Gasteiger partial charge in [-0.2, -0.15) is 0 Å². The lowest BCUT2D eigenvalue weighted by Gasteiger charge is -2.26. The highest BCUT2D eigenvalue weighted by molar-refractivity contribution is 5.90. The fraction of sp³-hybridized carbons (Fsp3) is 0.320. The summed E-state index contributed by atoms with van der Waals surface area (Å²) in [4.78, 5) is 34.1. The molecule has 4 rings (SSSR count). The number of amides is 2. The number of H-pyrrole nitrogens is 1. The first-order chi connectivity index (χ1) is 16.0. The van der Waals surface area contributed by atoms with E-state index in [1.165, 1.54) is 6.07 Å². The van der Waals surface area contributed by atoms with Crippen LogP contribution in [0.4, 0.5) is 10.5 Å². The van der Waals surface area contributed by atoms with Gasteiger partial charge in [0.05, 0.1) is 12.6 Å². The van der Waals surface area contributed by atoms with Crippen LogP contribution in [0.1, 0.15) is 31.0 Å². The van der Waals surface area contributed by atoms with Gasteiger partial charge in [-0.25, -0.2) is 9.78 Å². The molecule has 1 aliphatic rings. The molecule has 1 aromatic heterocycles. The molecule has 172 valence electrons. The van der Waals surface area contributed by atoms with E-state index in [0.717, 1.165) is 12.8 Å². The molecular weight excluding hydrogens is 420 g/mol. The summed E-state index contributed by atoms with van der Waals surface area (Å²) in [6.07, 6.45) is 2.49. The summed E-state index contributed by atoms with van der Waals surface area (Å²) >= 11 is 0. The Labute approximate surface area is 192 Å². The summed E-state index contributed by atoms with van der Waals surface area (Å²) in [6.45, 7) is 3.31. The molecule has 8 nitrogen and oxygen atoms in total. The van der Waals surface area contributed by atoms with Crippen molar-refractivity contribution in [3.8, 4) is 17.1 Å². The molecule has 1 atom stereocenters. The van der Waals surface area contributed by atoms with E-state index in [9.17, 15) is 14.7 Å². The predicted octanol–water partition coefficient (Wildman–Crippen LogP) is 3.92. The number of nitrogens with one attached hydrogen (secondary N) is 2. The standard InChI is InChI=1S/C25H28N4O4/c1-2-19-14-23(31)28-24(26-19)17-8-5-9-20(13-17)27-25(32)29(16-21-10-6-12-33-21)15-18-7-3-4-11-22(18)30/h3-5,7-9,11,13-14,21,30H,2,6,10,12,15-16H2,1H3,(H,27,32)(H,26,28,31)/t21-/m1/s1. The van der Waals surface area contributed by atoms with Crippen LogP contribution in [-0.4, -0.2) is 45.3 Å². The van der Waals surface area contributed by atoms with Crippen molar-refractivity contribution in [3.63, 3.8) is 0 Å². The number of benzene rings is 2. The fourth-order valence-corrected chi connectivity index (χ4v) is 3.88. The van der Waals surface area contributed by atoms with Gasteiger partial charge in [-0.3, -0.25) is 4.79 Å². The molecule has 8 heteroatoms. The molecule has 1 saturated heterocycles. The van der Waals surface area contributed by atoms with Crippen molar-refractivity contribution in [1.82, 2.24) is 14.9 Å². The maximum Gasteiger partial charge on any atom is 0.322 e. The van der Waals surface area contributed by atoms with Gasteiger partial charge in [0.15, 0.2) is 0 Å². The lowest BCUT2D eigenvalue weighted by molar-refractivity contribution is 0.0817. The van der Waals surface area contributed by atoms with E-state index in [1.54, 1.807) is 41.3 Å². The summed E-state index contributed by atoms with van der Waals surface area (Å²) in [6, 6.07) is 15.4. The minimum Gasteiger partial charge on any atom is -0.508 e. The van der Waals surface area contributed by atoms with Gasteiger partial charge in [-0.15, -0.1) is 0 Å². The van der Waals surface area contributed by atoms with Gasteiger partial charge >= 0.3 is 6.03 Å². The zero-order chi connectivity index (χ0) is 23.2. The molecule has 3 aromatic rings. The number of rotatable bonds is 7. The lowest BCUT2D eigenvalue weighted by atomic mass is 10.1. The largest absolute Gasteiger partial charge is 0.508 e. The number of ether oxygens (including phenoxy) is 1. The monoisotopic (exact) mass is 448 g/mol. The van der Waals surface area contributed by atoms with Crippen molar-refractivity contribution in [3.05, 3.63) is 76.2 Å². The Kier molecular flexibility index (Phi) is 7.04. The predicted molar refractivity (Wildman–Crippen MR) is 126 cm³/mol. The molecule has 0 saturated carbocycles. The Balaban J connectivity index is 1.54. The van der Waals surface area contributed by atoms with Gasteiger partial charge < -0.3 is 25.0 Å². The normalized spacial score (nSPS) is 15.4. The highest BCUT2D eigenvalue weighted by Gasteiger charge is 2.23. The van der Waals surface area contributed by atoms with Crippen LogP contribution in [-0.2, 0) is 17.7 Å². The molecule has 33 heavy (non-hydrogen) atoms. The zero-order valence-electron chi connectivity index (χ0n) is 18.6. The van der Waals surface area contributed by atoms with Gasteiger partial charge in [0.25, 0.3) is 5.56 Å². The number of hydrogen-bond donors (Lipinski definition) is 3. The first-order valence-electron chi connectivity index (χ1n) is 11.2. The summed E-state index contributed by atoms with van der Waals surface area (Å²) < 4.78 is 5.74. The van der Waals surface area contributed by atoms with Crippen molar-refractivity contribution in [2.45, 2.75) is 38.8 Å². The molecule has 1 aliphatic heterocycles. The molecule has 2 aromatic carbocycles. The van der Waals surface area contributed by atoms with Crippen LogP contribution in [0.2, 0.25) is 0 Å². The van der Waals surface area contributed by atoms with Crippen LogP contribution in [0, 0.1) is 0 Å². The second kappa shape index (κ2) is 10.3. The van der Waals surface area contributed by atoms with E-state index in [0.29, 0.717) is 47.9 Å². The minimum atomic E-state index is -0.297. The van der Waals surface area contributed by atoms with Gasteiger partial charge in [-0.1, -0.05) is 37.3 Å². The average Bonchev–Trinajstić information content (AvgIpc) is 3.33. The van der Waals surface area contributed by atoms with E-state index in [2.05, 4.69) is 15.3 Å². The van der Waals surface area contributed by atoms with Gasteiger partial charge in [0.2, 0.25) is 0 Å². The number of phenols is 1. The number of phenolic OH excluding ortho intramolecular Hbond substituents is 1. The van der Waals surface area contributed by atoms with Crippen LogP contribution in [0.5, 0.6) is 5.75 Å². The minimum absolute atomic E-state index is 0.0287. The molecule has 0 unspecified atom stereocenters. The van der Waals surface area contributed by atoms with Gasteiger partial charge in [0.1, 0.15) is 11.6 Å². The number of hydrogen-bond acceptors (Lipinski definition) is 5. The van der Waals surface area contributed by atoms with E-state index in [4.69, 9.17) is 4.74 Å².